The van der Waals surface area contributed by atoms with Crippen LogP contribution < -0.4 is 10.6 Å². The maximum Gasteiger partial charge on any atom is 0.200 e. The van der Waals surface area contributed by atoms with E-state index in [9.17, 15) is 15.3 Å². The molecule has 1 atom stereocenters. The van der Waals surface area contributed by atoms with Gasteiger partial charge in [-0.2, -0.15) is 0 Å². The Hall–Kier alpha value is -1.46. The maximum absolute atomic E-state index is 9.65. The van der Waals surface area contributed by atoms with Crippen molar-refractivity contribution in [2.75, 3.05) is 19.6 Å². The highest BCUT2D eigenvalue weighted by Gasteiger charge is 2.20. The Morgan fingerprint density at radius 3 is 2.53 bits per heavy atom. The molecule has 0 spiro atoms. The van der Waals surface area contributed by atoms with E-state index in [-0.39, 0.29) is 17.5 Å². The summed E-state index contributed by atoms with van der Waals surface area (Å²) < 4.78 is 0. The summed E-state index contributed by atoms with van der Waals surface area (Å²) >= 11 is 0. The van der Waals surface area contributed by atoms with Gasteiger partial charge in [-0.3, -0.25) is 0 Å². The van der Waals surface area contributed by atoms with Crippen molar-refractivity contribution in [3.63, 3.8) is 0 Å². The molecule has 0 bridgehead atoms. The van der Waals surface area contributed by atoms with Gasteiger partial charge >= 0.3 is 0 Å². The maximum atomic E-state index is 9.65. The number of piperazine rings is 1. The number of hydrogen-bond donors (Lipinski definition) is 5. The lowest BCUT2D eigenvalue weighted by molar-refractivity contribution is 0.353. The van der Waals surface area contributed by atoms with Crippen LogP contribution in [0.1, 0.15) is 11.6 Å². The fraction of sp³-hybridized carbons (Fsp3) is 0.400. The van der Waals surface area contributed by atoms with E-state index in [0.717, 1.165) is 13.1 Å². The third kappa shape index (κ3) is 1.84. The number of rotatable bonds is 1. The zero-order valence-electron chi connectivity index (χ0n) is 8.20. The molecule has 1 aromatic carbocycles. The molecule has 1 fully saturated rings. The van der Waals surface area contributed by atoms with Gasteiger partial charge in [0.15, 0.2) is 11.5 Å². The van der Waals surface area contributed by atoms with E-state index in [1.54, 1.807) is 6.07 Å². The van der Waals surface area contributed by atoms with Crippen molar-refractivity contribution in [2.24, 2.45) is 0 Å². The standard InChI is InChI=1S/C10H14N2O3/c13-8-2-1-6(9(14)10(8)15)7-5-11-3-4-12-7/h1-2,7,11-15H,3-5H2/t7-/m1/s1. The average Bonchev–Trinajstić information content (AvgIpc) is 2.27. The SMILES string of the molecule is Oc1ccc([C@H]2CNCCN2)c(O)c1O. The van der Waals surface area contributed by atoms with E-state index in [0.29, 0.717) is 12.1 Å². The second kappa shape index (κ2) is 3.96. The van der Waals surface area contributed by atoms with E-state index >= 15 is 0 Å². The van der Waals surface area contributed by atoms with Crippen LogP contribution in [0.4, 0.5) is 0 Å². The molecule has 2 rings (SSSR count). The van der Waals surface area contributed by atoms with E-state index in [1.165, 1.54) is 6.07 Å². The fourth-order valence-corrected chi connectivity index (χ4v) is 1.74. The van der Waals surface area contributed by atoms with Gasteiger partial charge in [-0.1, -0.05) is 0 Å². The molecule has 0 aliphatic carbocycles. The van der Waals surface area contributed by atoms with Gasteiger partial charge in [0.2, 0.25) is 5.75 Å². The quantitative estimate of drug-likeness (QED) is 0.422. The summed E-state index contributed by atoms with van der Waals surface area (Å²) in [5, 5.41) is 34.6. The first-order chi connectivity index (χ1) is 7.20. The first kappa shape index (κ1) is 10.1. The molecular formula is C10H14N2O3. The van der Waals surface area contributed by atoms with Crippen LogP contribution in [0.25, 0.3) is 0 Å². The van der Waals surface area contributed by atoms with E-state index < -0.39 is 5.75 Å². The van der Waals surface area contributed by atoms with Crippen LogP contribution in [-0.4, -0.2) is 35.0 Å². The molecular weight excluding hydrogens is 196 g/mol. The van der Waals surface area contributed by atoms with Gasteiger partial charge in [-0.15, -0.1) is 0 Å². The van der Waals surface area contributed by atoms with Gasteiger partial charge in [0.1, 0.15) is 0 Å². The van der Waals surface area contributed by atoms with Crippen LogP contribution in [0, 0.1) is 0 Å². The normalized spacial score (nSPS) is 21.5. The van der Waals surface area contributed by atoms with Gasteiger partial charge in [0.05, 0.1) is 0 Å². The van der Waals surface area contributed by atoms with Gasteiger partial charge in [0, 0.05) is 31.2 Å². The van der Waals surface area contributed by atoms with Crippen molar-refractivity contribution < 1.29 is 15.3 Å². The van der Waals surface area contributed by atoms with Crippen molar-refractivity contribution in [1.29, 1.82) is 0 Å². The molecule has 0 unspecified atom stereocenters. The van der Waals surface area contributed by atoms with Crippen molar-refractivity contribution in [2.45, 2.75) is 6.04 Å². The minimum Gasteiger partial charge on any atom is -0.504 e. The number of benzene rings is 1. The first-order valence-corrected chi connectivity index (χ1v) is 4.88. The van der Waals surface area contributed by atoms with E-state index in [1.807, 2.05) is 0 Å². The highest BCUT2D eigenvalue weighted by molar-refractivity contribution is 5.54. The lowest BCUT2D eigenvalue weighted by Crippen LogP contribution is -2.42. The van der Waals surface area contributed by atoms with Crippen LogP contribution in [0.3, 0.4) is 0 Å². The van der Waals surface area contributed by atoms with Crippen LogP contribution in [0.5, 0.6) is 17.2 Å². The molecule has 15 heavy (non-hydrogen) atoms. The minimum atomic E-state index is -0.458. The summed E-state index contributed by atoms with van der Waals surface area (Å²) in [5.41, 5.74) is 0.595. The molecule has 1 aromatic rings. The van der Waals surface area contributed by atoms with E-state index in [4.69, 9.17) is 0 Å². The van der Waals surface area contributed by atoms with Gasteiger partial charge in [0.25, 0.3) is 0 Å². The molecule has 5 nitrogen and oxygen atoms in total. The first-order valence-electron chi connectivity index (χ1n) is 4.88. The molecule has 1 aliphatic rings. The van der Waals surface area contributed by atoms with Crippen LogP contribution >= 0.6 is 0 Å². The summed E-state index contributed by atoms with van der Waals surface area (Å²) in [5.74, 6) is -1.02. The third-order valence-corrected chi connectivity index (χ3v) is 2.58. The Morgan fingerprint density at radius 1 is 1.07 bits per heavy atom. The number of phenols is 3. The Bertz CT molecular complexity index is 362. The van der Waals surface area contributed by atoms with Crippen LogP contribution in [0.2, 0.25) is 0 Å². The molecule has 5 N–H and O–H groups in total. The molecule has 82 valence electrons. The average molecular weight is 210 g/mol. The number of aromatic hydroxyl groups is 3. The van der Waals surface area contributed by atoms with Gasteiger partial charge in [-0.05, 0) is 12.1 Å². The second-order valence-electron chi connectivity index (χ2n) is 3.58. The van der Waals surface area contributed by atoms with Crippen molar-refractivity contribution in [3.05, 3.63) is 17.7 Å². The van der Waals surface area contributed by atoms with Gasteiger partial charge in [-0.25, -0.2) is 0 Å². The number of phenolic OH excluding ortho intramolecular Hbond substituents is 3. The zero-order valence-corrected chi connectivity index (χ0v) is 8.20. The molecule has 1 aliphatic heterocycles. The molecule has 1 saturated heterocycles. The number of hydrogen-bond acceptors (Lipinski definition) is 5. The largest absolute Gasteiger partial charge is 0.504 e. The predicted molar refractivity (Wildman–Crippen MR) is 55.0 cm³/mol. The molecule has 1 heterocycles. The van der Waals surface area contributed by atoms with Crippen molar-refractivity contribution >= 4 is 0 Å². The molecule has 0 saturated carbocycles. The van der Waals surface area contributed by atoms with Gasteiger partial charge < -0.3 is 26.0 Å². The van der Waals surface area contributed by atoms with Crippen LogP contribution in [0.15, 0.2) is 12.1 Å². The Labute approximate surface area is 87.4 Å². The number of nitrogens with one attached hydrogen (secondary N) is 2. The minimum absolute atomic E-state index is 0.0368. The Kier molecular flexibility index (Phi) is 2.66. The molecule has 0 aromatic heterocycles. The smallest absolute Gasteiger partial charge is 0.200 e. The molecule has 0 radical (unpaired) electrons. The molecule has 0 amide bonds. The third-order valence-electron chi connectivity index (χ3n) is 2.58. The topological polar surface area (TPSA) is 84.8 Å². The lowest BCUT2D eigenvalue weighted by Gasteiger charge is -2.25. The summed E-state index contributed by atoms with van der Waals surface area (Å²) in [7, 11) is 0. The summed E-state index contributed by atoms with van der Waals surface area (Å²) in [6.45, 7) is 2.39. The van der Waals surface area contributed by atoms with Crippen molar-refractivity contribution in [1.82, 2.24) is 10.6 Å². The monoisotopic (exact) mass is 210 g/mol. The second-order valence-corrected chi connectivity index (χ2v) is 3.58. The lowest BCUT2D eigenvalue weighted by atomic mass is 10.0. The zero-order chi connectivity index (χ0) is 10.8. The van der Waals surface area contributed by atoms with Crippen LogP contribution in [-0.2, 0) is 0 Å². The highest BCUT2D eigenvalue weighted by atomic mass is 16.3. The summed E-state index contributed by atoms with van der Waals surface area (Å²) in [6.07, 6.45) is 0. The Morgan fingerprint density at radius 2 is 1.87 bits per heavy atom. The fourth-order valence-electron chi connectivity index (χ4n) is 1.74. The van der Waals surface area contributed by atoms with E-state index in [2.05, 4.69) is 10.6 Å². The van der Waals surface area contributed by atoms with Crippen molar-refractivity contribution in [3.8, 4) is 17.2 Å². The summed E-state index contributed by atoms with van der Waals surface area (Å²) in [6, 6.07) is 2.95. The Balaban J connectivity index is 2.31. The summed E-state index contributed by atoms with van der Waals surface area (Å²) in [4.78, 5) is 0. The molecule has 5 heteroatoms. The highest BCUT2D eigenvalue weighted by Crippen LogP contribution is 2.39. The predicted octanol–water partition coefficient (Wildman–Crippen LogP) is 0.0373.